The lowest BCUT2D eigenvalue weighted by atomic mass is 10.1. The highest BCUT2D eigenvalue weighted by atomic mass is 16.5. The van der Waals surface area contributed by atoms with E-state index < -0.39 is 18.1 Å². The first kappa shape index (κ1) is 10.8. The lowest BCUT2D eigenvalue weighted by Gasteiger charge is -2.16. The summed E-state index contributed by atoms with van der Waals surface area (Å²) >= 11 is 0. The largest absolute Gasteiger partial charge is 0.480 e. The van der Waals surface area contributed by atoms with Crippen molar-refractivity contribution in [1.29, 1.82) is 0 Å². The average Bonchev–Trinajstić information content (AvgIpc) is 2.49. The second-order valence-electron chi connectivity index (χ2n) is 3.35. The molecule has 1 saturated heterocycles. The van der Waals surface area contributed by atoms with E-state index in [1.54, 1.807) is 0 Å². The molecule has 0 aromatic carbocycles. The summed E-state index contributed by atoms with van der Waals surface area (Å²) < 4.78 is 4.87. The first-order chi connectivity index (χ1) is 6.56. The Morgan fingerprint density at radius 2 is 2.14 bits per heavy atom. The van der Waals surface area contributed by atoms with Crippen LogP contribution < -0.4 is 0 Å². The predicted molar refractivity (Wildman–Crippen MR) is 46.1 cm³/mol. The summed E-state index contributed by atoms with van der Waals surface area (Å²) in [6, 6.07) is -0.923. The zero-order valence-corrected chi connectivity index (χ0v) is 7.84. The number of carbonyl (C=O) groups is 2. The average molecular weight is 203 g/mol. The van der Waals surface area contributed by atoms with E-state index in [2.05, 4.69) is 0 Å². The van der Waals surface area contributed by atoms with Crippen LogP contribution in [0.15, 0.2) is 0 Å². The van der Waals surface area contributed by atoms with E-state index in [0.29, 0.717) is 13.0 Å². The SMILES string of the molecule is COCC1C[C@@H](C(=O)O)N(C(=O)O)C1. The van der Waals surface area contributed by atoms with Crippen LogP contribution in [0.3, 0.4) is 0 Å². The van der Waals surface area contributed by atoms with Crippen LogP contribution in [0.25, 0.3) is 0 Å². The van der Waals surface area contributed by atoms with Crippen molar-refractivity contribution in [2.45, 2.75) is 12.5 Å². The Bertz CT molecular complexity index is 220. The molecular formula is C8H13NO5. The van der Waals surface area contributed by atoms with Gasteiger partial charge in [0, 0.05) is 19.6 Å². The van der Waals surface area contributed by atoms with Crippen LogP contribution in [-0.4, -0.2) is 53.5 Å². The molecule has 0 aromatic heterocycles. The van der Waals surface area contributed by atoms with Crippen LogP contribution in [0.4, 0.5) is 4.79 Å². The van der Waals surface area contributed by atoms with Crippen molar-refractivity contribution >= 4 is 12.1 Å². The number of carboxylic acid groups (broad SMARTS) is 2. The first-order valence-corrected chi connectivity index (χ1v) is 4.27. The molecule has 1 fully saturated rings. The summed E-state index contributed by atoms with van der Waals surface area (Å²) in [7, 11) is 1.51. The molecule has 6 heteroatoms. The van der Waals surface area contributed by atoms with Gasteiger partial charge in [-0.3, -0.25) is 4.90 Å². The van der Waals surface area contributed by atoms with E-state index >= 15 is 0 Å². The molecule has 0 aliphatic carbocycles. The van der Waals surface area contributed by atoms with Crippen molar-refractivity contribution in [2.24, 2.45) is 5.92 Å². The van der Waals surface area contributed by atoms with Crippen LogP contribution in [0, 0.1) is 5.92 Å². The first-order valence-electron chi connectivity index (χ1n) is 4.27. The van der Waals surface area contributed by atoms with Crippen LogP contribution in [-0.2, 0) is 9.53 Å². The van der Waals surface area contributed by atoms with Gasteiger partial charge < -0.3 is 14.9 Å². The Labute approximate surface area is 81.1 Å². The molecule has 1 rings (SSSR count). The molecule has 0 aromatic rings. The van der Waals surface area contributed by atoms with E-state index in [-0.39, 0.29) is 12.5 Å². The maximum atomic E-state index is 10.7. The smallest absolute Gasteiger partial charge is 0.408 e. The van der Waals surface area contributed by atoms with Crippen molar-refractivity contribution < 1.29 is 24.5 Å². The zero-order valence-electron chi connectivity index (χ0n) is 7.84. The Kier molecular flexibility index (Phi) is 3.29. The summed E-state index contributed by atoms with van der Waals surface area (Å²) in [5, 5.41) is 17.5. The molecule has 14 heavy (non-hydrogen) atoms. The molecule has 2 atom stereocenters. The molecule has 1 unspecified atom stereocenters. The monoisotopic (exact) mass is 203 g/mol. The molecule has 0 saturated carbocycles. The number of aliphatic carboxylic acids is 1. The zero-order chi connectivity index (χ0) is 10.7. The molecule has 1 aliphatic heterocycles. The minimum atomic E-state index is -1.18. The second kappa shape index (κ2) is 4.28. The summed E-state index contributed by atoms with van der Waals surface area (Å²) in [4.78, 5) is 22.4. The van der Waals surface area contributed by atoms with Crippen LogP contribution in [0.1, 0.15) is 6.42 Å². The van der Waals surface area contributed by atoms with Crippen LogP contribution in [0.2, 0.25) is 0 Å². The number of rotatable bonds is 3. The molecule has 80 valence electrons. The summed E-state index contributed by atoms with van der Waals surface area (Å²) in [5.41, 5.74) is 0. The van der Waals surface area contributed by atoms with Crippen molar-refractivity contribution in [2.75, 3.05) is 20.3 Å². The number of likely N-dealkylation sites (tertiary alicyclic amines) is 1. The molecule has 0 radical (unpaired) electrons. The Balaban J connectivity index is 2.65. The lowest BCUT2D eigenvalue weighted by molar-refractivity contribution is -0.141. The molecule has 2 N–H and O–H groups in total. The van der Waals surface area contributed by atoms with Gasteiger partial charge >= 0.3 is 12.1 Å². The fourth-order valence-corrected chi connectivity index (χ4v) is 1.72. The van der Waals surface area contributed by atoms with Crippen LogP contribution >= 0.6 is 0 Å². The van der Waals surface area contributed by atoms with Gasteiger partial charge in [-0.2, -0.15) is 0 Å². The van der Waals surface area contributed by atoms with Gasteiger partial charge in [0.05, 0.1) is 6.61 Å². The maximum absolute atomic E-state index is 10.7. The molecule has 1 amide bonds. The Morgan fingerprint density at radius 1 is 1.50 bits per heavy atom. The van der Waals surface area contributed by atoms with Gasteiger partial charge in [0.25, 0.3) is 0 Å². The minimum absolute atomic E-state index is 0.0165. The van der Waals surface area contributed by atoms with E-state index in [1.165, 1.54) is 7.11 Å². The number of hydrogen-bond donors (Lipinski definition) is 2. The van der Waals surface area contributed by atoms with Gasteiger partial charge in [0.15, 0.2) is 0 Å². The maximum Gasteiger partial charge on any atom is 0.408 e. The fraction of sp³-hybridized carbons (Fsp3) is 0.750. The third-order valence-electron chi connectivity index (χ3n) is 2.32. The van der Waals surface area contributed by atoms with E-state index in [9.17, 15) is 9.59 Å². The minimum Gasteiger partial charge on any atom is -0.480 e. The molecule has 1 heterocycles. The quantitative estimate of drug-likeness (QED) is 0.678. The van der Waals surface area contributed by atoms with Gasteiger partial charge in [-0.05, 0) is 6.42 Å². The number of amides is 1. The number of nitrogens with zero attached hydrogens (tertiary/aromatic N) is 1. The Hall–Kier alpha value is -1.30. The van der Waals surface area contributed by atoms with Gasteiger partial charge in [0.2, 0.25) is 0 Å². The fourth-order valence-electron chi connectivity index (χ4n) is 1.72. The normalized spacial score (nSPS) is 26.5. The molecular weight excluding hydrogens is 190 g/mol. The van der Waals surface area contributed by atoms with Gasteiger partial charge in [0.1, 0.15) is 6.04 Å². The van der Waals surface area contributed by atoms with E-state index in [4.69, 9.17) is 14.9 Å². The number of methoxy groups -OCH3 is 1. The van der Waals surface area contributed by atoms with Crippen molar-refractivity contribution in [1.82, 2.24) is 4.90 Å². The summed E-state index contributed by atoms with van der Waals surface area (Å²) in [5.74, 6) is -1.11. The summed E-state index contributed by atoms with van der Waals surface area (Å²) in [6.45, 7) is 0.633. The third kappa shape index (κ3) is 2.14. The molecule has 0 bridgehead atoms. The van der Waals surface area contributed by atoms with Crippen molar-refractivity contribution in [3.63, 3.8) is 0 Å². The van der Waals surface area contributed by atoms with E-state index in [1.807, 2.05) is 0 Å². The highest BCUT2D eigenvalue weighted by Crippen LogP contribution is 2.23. The van der Waals surface area contributed by atoms with Crippen molar-refractivity contribution in [3.8, 4) is 0 Å². The molecule has 6 nitrogen and oxygen atoms in total. The highest BCUT2D eigenvalue weighted by molar-refractivity contribution is 5.80. The number of carboxylic acids is 1. The topological polar surface area (TPSA) is 87.1 Å². The highest BCUT2D eigenvalue weighted by Gasteiger charge is 2.39. The lowest BCUT2D eigenvalue weighted by Crippen LogP contribution is -2.39. The van der Waals surface area contributed by atoms with Crippen molar-refractivity contribution in [3.05, 3.63) is 0 Å². The van der Waals surface area contributed by atoms with Gasteiger partial charge in [-0.1, -0.05) is 0 Å². The predicted octanol–water partition coefficient (Wildman–Crippen LogP) is 0.0859. The molecule has 0 spiro atoms. The Morgan fingerprint density at radius 3 is 2.50 bits per heavy atom. The number of ether oxygens (including phenoxy) is 1. The van der Waals surface area contributed by atoms with Gasteiger partial charge in [-0.25, -0.2) is 9.59 Å². The van der Waals surface area contributed by atoms with E-state index in [0.717, 1.165) is 4.90 Å². The van der Waals surface area contributed by atoms with Gasteiger partial charge in [-0.15, -0.1) is 0 Å². The third-order valence-corrected chi connectivity index (χ3v) is 2.32. The number of hydrogen-bond acceptors (Lipinski definition) is 3. The van der Waals surface area contributed by atoms with Crippen LogP contribution in [0.5, 0.6) is 0 Å². The molecule has 1 aliphatic rings. The second-order valence-corrected chi connectivity index (χ2v) is 3.35. The summed E-state index contributed by atoms with van der Waals surface area (Å²) in [6.07, 6.45) is -0.855. The standard InChI is InChI=1S/C8H13NO5/c1-14-4-5-2-6(7(10)11)9(3-5)8(12)13/h5-6H,2-4H2,1H3,(H,10,11)(H,12,13)/t5?,6-/m0/s1.